The molecule has 6 nitrogen and oxygen atoms in total. The Labute approximate surface area is 124 Å². The molecule has 0 saturated carbocycles. The summed E-state index contributed by atoms with van der Waals surface area (Å²) >= 11 is 1.14. The number of benzene rings is 1. The van der Waals surface area contributed by atoms with Crippen molar-refractivity contribution in [2.24, 2.45) is 0 Å². The third-order valence-electron chi connectivity index (χ3n) is 2.83. The van der Waals surface area contributed by atoms with E-state index in [2.05, 4.69) is 10.1 Å². The largest absolute Gasteiger partial charge is 0.507 e. The maximum Gasteiger partial charge on any atom is 0.350 e. The van der Waals surface area contributed by atoms with Gasteiger partial charge in [0, 0.05) is 0 Å². The molecule has 1 aromatic heterocycles. The lowest BCUT2D eigenvalue weighted by Gasteiger charge is -2.09. The fraction of sp³-hybridized carbons (Fsp3) is 0.143. The highest BCUT2D eigenvalue weighted by molar-refractivity contribution is 7.12. The quantitative estimate of drug-likeness (QED) is 0.757. The van der Waals surface area contributed by atoms with Gasteiger partial charge in [-0.05, 0) is 30.0 Å². The Morgan fingerprint density at radius 3 is 2.43 bits per heavy atom. The van der Waals surface area contributed by atoms with Gasteiger partial charge in [0.25, 0.3) is 5.91 Å². The number of esters is 1. The molecule has 110 valence electrons. The molecular weight excluding hydrogens is 294 g/mol. The van der Waals surface area contributed by atoms with Crippen LogP contribution in [0.2, 0.25) is 0 Å². The van der Waals surface area contributed by atoms with Crippen molar-refractivity contribution in [1.29, 1.82) is 0 Å². The van der Waals surface area contributed by atoms with E-state index in [1.54, 1.807) is 12.3 Å². The molecule has 2 rings (SSSR count). The number of carbonyl (C=O) groups excluding carboxylic acids is 2. The average molecular weight is 307 g/mol. The van der Waals surface area contributed by atoms with E-state index in [9.17, 15) is 19.8 Å². The number of rotatable bonds is 3. The first-order valence-corrected chi connectivity index (χ1v) is 6.82. The lowest BCUT2D eigenvalue weighted by Crippen LogP contribution is -2.15. The molecule has 0 spiro atoms. The molecule has 1 aromatic carbocycles. The Morgan fingerprint density at radius 2 is 1.86 bits per heavy atom. The number of methoxy groups -OCH3 is 1. The number of thiophene rings is 1. The Balaban J connectivity index is 2.37. The highest BCUT2D eigenvalue weighted by Crippen LogP contribution is 2.31. The predicted molar refractivity (Wildman–Crippen MR) is 78.1 cm³/mol. The van der Waals surface area contributed by atoms with Gasteiger partial charge in [0.2, 0.25) is 0 Å². The molecular formula is C14H13NO5S. The maximum absolute atomic E-state index is 12.2. The Morgan fingerprint density at radius 1 is 1.24 bits per heavy atom. The van der Waals surface area contributed by atoms with Crippen molar-refractivity contribution in [1.82, 2.24) is 0 Å². The SMILES string of the molecule is COC(=O)c1scc(C)c1NC(=O)c1c(O)cccc1O. The van der Waals surface area contributed by atoms with Crippen molar-refractivity contribution in [3.05, 3.63) is 39.6 Å². The molecule has 3 N–H and O–H groups in total. The summed E-state index contributed by atoms with van der Waals surface area (Å²) in [6, 6.07) is 3.99. The highest BCUT2D eigenvalue weighted by atomic mass is 32.1. The van der Waals surface area contributed by atoms with Gasteiger partial charge >= 0.3 is 5.97 Å². The number of nitrogens with one attached hydrogen (secondary N) is 1. The normalized spacial score (nSPS) is 10.2. The van der Waals surface area contributed by atoms with Gasteiger partial charge in [0.1, 0.15) is 21.9 Å². The van der Waals surface area contributed by atoms with Gasteiger partial charge in [-0.25, -0.2) is 4.79 Å². The number of ether oxygens (including phenoxy) is 1. The van der Waals surface area contributed by atoms with Gasteiger partial charge in [-0.3, -0.25) is 4.79 Å². The molecule has 0 saturated heterocycles. The third kappa shape index (κ3) is 2.82. The second-order valence-corrected chi connectivity index (χ2v) is 5.12. The minimum atomic E-state index is -0.711. The Hall–Kier alpha value is -2.54. The lowest BCUT2D eigenvalue weighted by molar-refractivity contribution is 0.0607. The highest BCUT2D eigenvalue weighted by Gasteiger charge is 2.22. The monoisotopic (exact) mass is 307 g/mol. The minimum Gasteiger partial charge on any atom is -0.507 e. The average Bonchev–Trinajstić information content (AvgIpc) is 2.79. The van der Waals surface area contributed by atoms with Crippen LogP contribution in [0.4, 0.5) is 5.69 Å². The number of carbonyl (C=O) groups is 2. The summed E-state index contributed by atoms with van der Waals surface area (Å²) in [4.78, 5) is 24.1. The van der Waals surface area contributed by atoms with Crippen molar-refractivity contribution in [2.45, 2.75) is 6.92 Å². The fourth-order valence-electron chi connectivity index (χ4n) is 1.78. The Bertz CT molecular complexity index is 687. The van der Waals surface area contributed by atoms with E-state index >= 15 is 0 Å². The smallest absolute Gasteiger partial charge is 0.350 e. The van der Waals surface area contributed by atoms with Crippen molar-refractivity contribution < 1.29 is 24.5 Å². The van der Waals surface area contributed by atoms with Gasteiger partial charge in [0.05, 0.1) is 12.8 Å². The van der Waals surface area contributed by atoms with Crippen LogP contribution in [0.1, 0.15) is 25.6 Å². The molecule has 0 bridgehead atoms. The molecule has 0 fully saturated rings. The van der Waals surface area contributed by atoms with Crippen molar-refractivity contribution >= 4 is 28.9 Å². The molecule has 21 heavy (non-hydrogen) atoms. The van der Waals surface area contributed by atoms with Crippen molar-refractivity contribution in [3.63, 3.8) is 0 Å². The van der Waals surface area contributed by atoms with E-state index < -0.39 is 11.9 Å². The summed E-state index contributed by atoms with van der Waals surface area (Å²) in [5, 5.41) is 23.6. The lowest BCUT2D eigenvalue weighted by atomic mass is 10.1. The first-order chi connectivity index (χ1) is 9.95. The van der Waals surface area contributed by atoms with E-state index in [1.807, 2.05) is 0 Å². The van der Waals surface area contributed by atoms with Crippen LogP contribution in [0.25, 0.3) is 0 Å². The van der Waals surface area contributed by atoms with Crippen LogP contribution in [0.5, 0.6) is 11.5 Å². The number of amides is 1. The minimum absolute atomic E-state index is 0.248. The van der Waals surface area contributed by atoms with Gasteiger partial charge < -0.3 is 20.3 Å². The maximum atomic E-state index is 12.2. The number of aryl methyl sites for hydroxylation is 1. The molecule has 0 aliphatic rings. The first-order valence-electron chi connectivity index (χ1n) is 5.94. The summed E-state index contributed by atoms with van der Waals surface area (Å²) in [5.74, 6) is -1.97. The molecule has 7 heteroatoms. The van der Waals surface area contributed by atoms with Crippen LogP contribution < -0.4 is 5.32 Å². The van der Waals surface area contributed by atoms with Crippen LogP contribution in [0.3, 0.4) is 0 Å². The summed E-state index contributed by atoms with van der Waals surface area (Å²) in [6.07, 6.45) is 0. The molecule has 1 amide bonds. The van der Waals surface area contributed by atoms with Crippen LogP contribution in [-0.2, 0) is 4.74 Å². The Kier molecular flexibility index (Phi) is 4.13. The number of anilines is 1. The van der Waals surface area contributed by atoms with Crippen LogP contribution >= 0.6 is 11.3 Å². The molecule has 0 aliphatic heterocycles. The van der Waals surface area contributed by atoms with Gasteiger partial charge in [-0.1, -0.05) is 6.07 Å². The van der Waals surface area contributed by atoms with Gasteiger partial charge in [-0.2, -0.15) is 0 Å². The summed E-state index contributed by atoms with van der Waals surface area (Å²) < 4.78 is 4.65. The topological polar surface area (TPSA) is 95.9 Å². The molecule has 0 atom stereocenters. The molecule has 1 heterocycles. The summed E-state index contributed by atoms with van der Waals surface area (Å²) in [5.41, 5.74) is 0.738. The predicted octanol–water partition coefficient (Wildman–Crippen LogP) is 2.51. The van der Waals surface area contributed by atoms with Crippen molar-refractivity contribution in [3.8, 4) is 11.5 Å². The summed E-state index contributed by atoms with van der Waals surface area (Å²) in [7, 11) is 1.25. The summed E-state index contributed by atoms with van der Waals surface area (Å²) in [6.45, 7) is 1.73. The molecule has 0 aliphatic carbocycles. The zero-order chi connectivity index (χ0) is 15.6. The number of hydrogen-bond donors (Lipinski definition) is 3. The van der Waals surface area contributed by atoms with E-state index in [4.69, 9.17) is 0 Å². The first kappa shape index (κ1) is 14.9. The third-order valence-corrected chi connectivity index (χ3v) is 3.91. The number of phenolic OH excluding ortho intramolecular Hbond substituents is 2. The van der Waals surface area contributed by atoms with E-state index in [1.165, 1.54) is 25.3 Å². The second kappa shape index (κ2) is 5.84. The molecule has 0 unspecified atom stereocenters. The van der Waals surface area contributed by atoms with Gasteiger partial charge in [0.15, 0.2) is 0 Å². The van der Waals surface area contributed by atoms with E-state index in [-0.39, 0.29) is 21.9 Å². The molecule has 2 aromatic rings. The van der Waals surface area contributed by atoms with Gasteiger partial charge in [-0.15, -0.1) is 11.3 Å². The van der Waals surface area contributed by atoms with E-state index in [0.717, 1.165) is 11.3 Å². The van der Waals surface area contributed by atoms with Crippen molar-refractivity contribution in [2.75, 3.05) is 12.4 Å². The number of aromatic hydroxyl groups is 2. The number of phenols is 2. The molecule has 0 radical (unpaired) electrons. The zero-order valence-electron chi connectivity index (χ0n) is 11.3. The van der Waals surface area contributed by atoms with Crippen LogP contribution in [0.15, 0.2) is 23.6 Å². The second-order valence-electron chi connectivity index (χ2n) is 4.24. The fourth-order valence-corrected chi connectivity index (χ4v) is 2.70. The van der Waals surface area contributed by atoms with Crippen LogP contribution in [-0.4, -0.2) is 29.2 Å². The van der Waals surface area contributed by atoms with Crippen LogP contribution in [0, 0.1) is 6.92 Å². The zero-order valence-corrected chi connectivity index (χ0v) is 12.2. The van der Waals surface area contributed by atoms with E-state index in [0.29, 0.717) is 11.3 Å². The standard InChI is InChI=1S/C14H13NO5S/c1-7-6-21-12(14(19)20-2)11(7)15-13(18)10-8(16)4-3-5-9(10)17/h3-6,16-17H,1-2H3,(H,15,18). The number of hydrogen-bond acceptors (Lipinski definition) is 6.